The third-order valence-electron chi connectivity index (χ3n) is 3.38. The summed E-state index contributed by atoms with van der Waals surface area (Å²) in [4.78, 5) is 13.6. The molecule has 0 aromatic rings. The lowest BCUT2D eigenvalue weighted by Crippen LogP contribution is -2.50. The Bertz CT molecular complexity index is 212. The third kappa shape index (κ3) is 3.82. The van der Waals surface area contributed by atoms with E-state index in [1.807, 2.05) is 11.9 Å². The Labute approximate surface area is 93.0 Å². The maximum atomic E-state index is 11.8. The smallest absolute Gasteiger partial charge is 0.224 e. The fourth-order valence-corrected chi connectivity index (χ4v) is 1.97. The van der Waals surface area contributed by atoms with E-state index in [9.17, 15) is 4.79 Å². The second-order valence-corrected chi connectivity index (χ2v) is 4.92. The minimum absolute atomic E-state index is 0.171. The SMILES string of the molecule is CCCCCN(C)C(=O)CC1(N)CCC1. The van der Waals surface area contributed by atoms with Gasteiger partial charge in [0, 0.05) is 25.6 Å². The highest BCUT2D eigenvalue weighted by atomic mass is 16.2. The van der Waals surface area contributed by atoms with Crippen LogP contribution >= 0.6 is 0 Å². The molecule has 0 unspecified atom stereocenters. The van der Waals surface area contributed by atoms with Crippen LogP contribution in [0.4, 0.5) is 0 Å². The van der Waals surface area contributed by atoms with Crippen LogP contribution in [0.1, 0.15) is 51.9 Å². The van der Waals surface area contributed by atoms with Gasteiger partial charge in [-0.25, -0.2) is 0 Å². The summed E-state index contributed by atoms with van der Waals surface area (Å²) >= 11 is 0. The van der Waals surface area contributed by atoms with Crippen LogP contribution in [0, 0.1) is 0 Å². The molecule has 2 N–H and O–H groups in total. The summed E-state index contributed by atoms with van der Waals surface area (Å²) in [6.07, 6.45) is 7.26. The van der Waals surface area contributed by atoms with E-state index >= 15 is 0 Å². The minimum Gasteiger partial charge on any atom is -0.346 e. The van der Waals surface area contributed by atoms with Gasteiger partial charge in [-0.1, -0.05) is 19.8 Å². The van der Waals surface area contributed by atoms with Crippen LogP contribution in [-0.4, -0.2) is 29.9 Å². The number of amides is 1. The molecule has 0 radical (unpaired) electrons. The zero-order valence-corrected chi connectivity index (χ0v) is 10.1. The molecule has 1 rings (SSSR count). The minimum atomic E-state index is -0.171. The Morgan fingerprint density at radius 1 is 1.40 bits per heavy atom. The summed E-state index contributed by atoms with van der Waals surface area (Å²) in [6.45, 7) is 3.05. The summed E-state index contributed by atoms with van der Waals surface area (Å²) in [5.41, 5.74) is 5.88. The van der Waals surface area contributed by atoms with E-state index in [0.717, 1.165) is 25.8 Å². The molecule has 0 saturated heterocycles. The van der Waals surface area contributed by atoms with Gasteiger partial charge in [0.25, 0.3) is 0 Å². The lowest BCUT2D eigenvalue weighted by Gasteiger charge is -2.38. The fraction of sp³-hybridized carbons (Fsp3) is 0.917. The van der Waals surface area contributed by atoms with E-state index in [0.29, 0.717) is 6.42 Å². The number of hydrogen-bond acceptors (Lipinski definition) is 2. The molecule has 0 heterocycles. The van der Waals surface area contributed by atoms with Gasteiger partial charge in [-0.3, -0.25) is 4.79 Å². The van der Waals surface area contributed by atoms with Crippen molar-refractivity contribution in [3.05, 3.63) is 0 Å². The van der Waals surface area contributed by atoms with Crippen LogP contribution in [0.25, 0.3) is 0 Å². The molecule has 0 aliphatic heterocycles. The molecule has 0 spiro atoms. The second-order valence-electron chi connectivity index (χ2n) is 4.92. The van der Waals surface area contributed by atoms with Crippen LogP contribution in [-0.2, 0) is 4.79 Å². The van der Waals surface area contributed by atoms with Crippen LogP contribution in [0.3, 0.4) is 0 Å². The van der Waals surface area contributed by atoms with Crippen LogP contribution in [0.2, 0.25) is 0 Å². The van der Waals surface area contributed by atoms with E-state index in [1.54, 1.807) is 0 Å². The largest absolute Gasteiger partial charge is 0.346 e. The van der Waals surface area contributed by atoms with Gasteiger partial charge < -0.3 is 10.6 Å². The predicted octanol–water partition coefficient (Wildman–Crippen LogP) is 1.91. The molecule has 1 fully saturated rings. The molecule has 0 aromatic carbocycles. The first-order valence-electron chi connectivity index (χ1n) is 6.10. The van der Waals surface area contributed by atoms with Gasteiger partial charge in [0.1, 0.15) is 0 Å². The van der Waals surface area contributed by atoms with Crippen molar-refractivity contribution < 1.29 is 4.79 Å². The van der Waals surface area contributed by atoms with E-state index in [4.69, 9.17) is 5.73 Å². The predicted molar refractivity (Wildman–Crippen MR) is 62.5 cm³/mol. The molecule has 1 aliphatic rings. The van der Waals surface area contributed by atoms with Crippen molar-refractivity contribution in [3.8, 4) is 0 Å². The molecule has 15 heavy (non-hydrogen) atoms. The van der Waals surface area contributed by atoms with Crippen molar-refractivity contribution in [1.82, 2.24) is 4.90 Å². The van der Waals surface area contributed by atoms with Gasteiger partial charge in [0.05, 0.1) is 0 Å². The number of nitrogens with zero attached hydrogens (tertiary/aromatic N) is 1. The second kappa shape index (κ2) is 5.50. The molecule has 3 heteroatoms. The topological polar surface area (TPSA) is 46.3 Å². The number of carbonyl (C=O) groups excluding carboxylic acids is 1. The number of nitrogens with two attached hydrogens (primary N) is 1. The van der Waals surface area contributed by atoms with E-state index in [-0.39, 0.29) is 11.4 Å². The maximum absolute atomic E-state index is 11.8. The maximum Gasteiger partial charge on any atom is 0.224 e. The van der Waals surface area contributed by atoms with Gasteiger partial charge in [0.15, 0.2) is 0 Å². The molecule has 1 amide bonds. The van der Waals surface area contributed by atoms with E-state index in [1.165, 1.54) is 19.3 Å². The van der Waals surface area contributed by atoms with Crippen LogP contribution in [0.15, 0.2) is 0 Å². The van der Waals surface area contributed by atoms with Crippen LogP contribution in [0.5, 0.6) is 0 Å². The van der Waals surface area contributed by atoms with Gasteiger partial charge in [-0.15, -0.1) is 0 Å². The Kier molecular flexibility index (Phi) is 4.58. The lowest BCUT2D eigenvalue weighted by molar-refractivity contribution is -0.132. The van der Waals surface area contributed by atoms with Crippen molar-refractivity contribution >= 4 is 5.91 Å². The summed E-state index contributed by atoms with van der Waals surface area (Å²) in [5.74, 6) is 0.216. The van der Waals surface area contributed by atoms with E-state index in [2.05, 4.69) is 6.92 Å². The monoisotopic (exact) mass is 212 g/mol. The van der Waals surface area contributed by atoms with Gasteiger partial charge in [-0.05, 0) is 25.7 Å². The standard InChI is InChI=1S/C12H24N2O/c1-3-4-5-9-14(2)11(15)10-12(13)7-6-8-12/h3-10,13H2,1-2H3. The number of carbonyl (C=O) groups is 1. The molecule has 3 nitrogen and oxygen atoms in total. The molecule has 0 aromatic heterocycles. The van der Waals surface area contributed by atoms with Gasteiger partial charge >= 0.3 is 0 Å². The Morgan fingerprint density at radius 2 is 2.07 bits per heavy atom. The van der Waals surface area contributed by atoms with E-state index < -0.39 is 0 Å². The summed E-state index contributed by atoms with van der Waals surface area (Å²) in [6, 6.07) is 0. The highest BCUT2D eigenvalue weighted by Gasteiger charge is 2.35. The Hall–Kier alpha value is -0.570. The molecule has 1 saturated carbocycles. The normalized spacial score (nSPS) is 18.3. The molecular formula is C12H24N2O. The number of rotatable bonds is 6. The van der Waals surface area contributed by atoms with Crippen molar-refractivity contribution in [1.29, 1.82) is 0 Å². The zero-order valence-electron chi connectivity index (χ0n) is 10.1. The average molecular weight is 212 g/mol. The quantitative estimate of drug-likeness (QED) is 0.684. The van der Waals surface area contributed by atoms with Crippen LogP contribution < -0.4 is 5.73 Å². The molecular weight excluding hydrogens is 188 g/mol. The van der Waals surface area contributed by atoms with Crippen molar-refractivity contribution in [2.75, 3.05) is 13.6 Å². The molecule has 88 valence electrons. The van der Waals surface area contributed by atoms with Crippen molar-refractivity contribution in [3.63, 3.8) is 0 Å². The Balaban J connectivity index is 2.20. The van der Waals surface area contributed by atoms with Gasteiger partial charge in [-0.2, -0.15) is 0 Å². The first kappa shape index (κ1) is 12.5. The number of unbranched alkanes of at least 4 members (excludes halogenated alkanes) is 2. The average Bonchev–Trinajstić information content (AvgIpc) is 2.15. The number of hydrogen-bond donors (Lipinski definition) is 1. The first-order valence-corrected chi connectivity index (χ1v) is 6.10. The lowest BCUT2D eigenvalue weighted by atomic mass is 9.75. The van der Waals surface area contributed by atoms with Crippen molar-refractivity contribution in [2.45, 2.75) is 57.4 Å². The zero-order chi connectivity index (χ0) is 11.3. The first-order chi connectivity index (χ1) is 7.07. The summed E-state index contributed by atoms with van der Waals surface area (Å²) in [5, 5.41) is 0. The summed E-state index contributed by atoms with van der Waals surface area (Å²) < 4.78 is 0. The molecule has 1 aliphatic carbocycles. The fourth-order valence-electron chi connectivity index (χ4n) is 1.97. The summed E-state index contributed by atoms with van der Waals surface area (Å²) in [7, 11) is 1.89. The highest BCUT2D eigenvalue weighted by molar-refractivity contribution is 5.77. The van der Waals surface area contributed by atoms with Gasteiger partial charge in [0.2, 0.25) is 5.91 Å². The Morgan fingerprint density at radius 3 is 2.53 bits per heavy atom. The molecule has 0 atom stereocenters. The highest BCUT2D eigenvalue weighted by Crippen LogP contribution is 2.32. The third-order valence-corrected chi connectivity index (χ3v) is 3.38. The molecule has 0 bridgehead atoms. The van der Waals surface area contributed by atoms with Crippen molar-refractivity contribution in [2.24, 2.45) is 5.73 Å².